The van der Waals surface area contributed by atoms with E-state index in [1.54, 1.807) is 13.8 Å². The van der Waals surface area contributed by atoms with Crippen LogP contribution in [0.3, 0.4) is 0 Å². The van der Waals surface area contributed by atoms with E-state index in [1.165, 1.54) is 6.33 Å². The fourth-order valence-electron chi connectivity index (χ4n) is 1.51. The predicted molar refractivity (Wildman–Crippen MR) is 68.1 cm³/mol. The summed E-state index contributed by atoms with van der Waals surface area (Å²) in [5.41, 5.74) is 1.89. The average Bonchev–Trinajstić information content (AvgIpc) is 2.64. The number of halogens is 2. The lowest BCUT2D eigenvalue weighted by atomic mass is 10.2. The summed E-state index contributed by atoms with van der Waals surface area (Å²) in [6, 6.07) is 0. The highest BCUT2D eigenvalue weighted by Gasteiger charge is 2.18. The maximum absolute atomic E-state index is 12.1. The predicted octanol–water partition coefficient (Wildman–Crippen LogP) is 2.38. The van der Waals surface area contributed by atoms with Gasteiger partial charge in [0.2, 0.25) is 0 Å². The lowest BCUT2D eigenvalue weighted by molar-refractivity contribution is 0.102. The summed E-state index contributed by atoms with van der Waals surface area (Å²) >= 11 is 11.7. The molecule has 0 unspecified atom stereocenters. The first-order valence-electron chi connectivity index (χ1n) is 4.99. The summed E-state index contributed by atoms with van der Waals surface area (Å²) in [5, 5.41) is 9.41. The van der Waals surface area contributed by atoms with E-state index in [-0.39, 0.29) is 21.9 Å². The highest BCUT2D eigenvalue weighted by atomic mass is 35.5. The van der Waals surface area contributed by atoms with Crippen molar-refractivity contribution in [3.05, 3.63) is 33.6 Å². The van der Waals surface area contributed by atoms with Crippen molar-refractivity contribution < 1.29 is 4.79 Å². The van der Waals surface area contributed by atoms with Crippen molar-refractivity contribution in [3.63, 3.8) is 0 Å². The molecule has 2 aromatic rings. The van der Waals surface area contributed by atoms with Crippen molar-refractivity contribution in [2.75, 3.05) is 5.32 Å². The highest BCUT2D eigenvalue weighted by Crippen LogP contribution is 2.26. The Morgan fingerprint density at radius 3 is 2.39 bits per heavy atom. The summed E-state index contributed by atoms with van der Waals surface area (Å²) in [6.07, 6.45) is 1.22. The molecule has 0 aliphatic rings. The standard InChI is InChI=1S/C10H9Cl2N5O/c1-4-6(5(2)17-16-4)10(18)15-7-8(11)13-3-14-9(7)12/h3H,1-2H3,(H,15,18)(H,16,17). The average molecular weight is 286 g/mol. The molecule has 2 heterocycles. The SMILES string of the molecule is Cc1n[nH]c(C)c1C(=O)Nc1c(Cl)ncnc1Cl. The topological polar surface area (TPSA) is 83.6 Å². The summed E-state index contributed by atoms with van der Waals surface area (Å²) in [6.45, 7) is 3.47. The third kappa shape index (κ3) is 2.30. The summed E-state index contributed by atoms with van der Waals surface area (Å²) < 4.78 is 0. The van der Waals surface area contributed by atoms with Crippen LogP contribution in [-0.4, -0.2) is 26.1 Å². The minimum absolute atomic E-state index is 0.0853. The van der Waals surface area contributed by atoms with Crippen LogP contribution >= 0.6 is 23.2 Å². The lowest BCUT2D eigenvalue weighted by Crippen LogP contribution is -2.15. The van der Waals surface area contributed by atoms with E-state index in [2.05, 4.69) is 25.5 Å². The van der Waals surface area contributed by atoms with E-state index in [1.807, 2.05) is 0 Å². The smallest absolute Gasteiger partial charge is 0.259 e. The second kappa shape index (κ2) is 4.91. The molecule has 0 atom stereocenters. The van der Waals surface area contributed by atoms with Crippen molar-refractivity contribution in [2.45, 2.75) is 13.8 Å². The third-order valence-corrected chi connectivity index (χ3v) is 2.92. The van der Waals surface area contributed by atoms with E-state index < -0.39 is 0 Å². The molecule has 0 radical (unpaired) electrons. The second-order valence-electron chi connectivity index (χ2n) is 3.59. The number of aryl methyl sites for hydroxylation is 2. The van der Waals surface area contributed by atoms with Crippen LogP contribution in [0, 0.1) is 13.8 Å². The molecule has 0 aliphatic heterocycles. The molecule has 0 fully saturated rings. The number of carbonyl (C=O) groups is 1. The number of hydrogen-bond donors (Lipinski definition) is 2. The van der Waals surface area contributed by atoms with Gasteiger partial charge in [0.25, 0.3) is 5.91 Å². The van der Waals surface area contributed by atoms with E-state index in [0.29, 0.717) is 17.0 Å². The van der Waals surface area contributed by atoms with Crippen LogP contribution in [0.25, 0.3) is 0 Å². The Bertz CT molecular complexity index is 571. The number of nitrogens with zero attached hydrogens (tertiary/aromatic N) is 3. The summed E-state index contributed by atoms with van der Waals surface area (Å²) in [7, 11) is 0. The molecule has 0 aromatic carbocycles. The maximum Gasteiger partial charge on any atom is 0.259 e. The number of aromatic amines is 1. The van der Waals surface area contributed by atoms with Crippen molar-refractivity contribution in [3.8, 4) is 0 Å². The monoisotopic (exact) mass is 285 g/mol. The minimum Gasteiger partial charge on any atom is -0.317 e. The Kier molecular flexibility index (Phi) is 3.49. The molecule has 0 saturated heterocycles. The quantitative estimate of drug-likeness (QED) is 0.830. The normalized spacial score (nSPS) is 10.4. The van der Waals surface area contributed by atoms with Crippen molar-refractivity contribution in [1.82, 2.24) is 20.2 Å². The van der Waals surface area contributed by atoms with E-state index in [4.69, 9.17) is 23.2 Å². The van der Waals surface area contributed by atoms with Crippen molar-refractivity contribution >= 4 is 34.8 Å². The zero-order chi connectivity index (χ0) is 13.3. The molecule has 2 aromatic heterocycles. The van der Waals surface area contributed by atoms with E-state index in [9.17, 15) is 4.79 Å². The molecule has 1 amide bonds. The van der Waals surface area contributed by atoms with Crippen molar-refractivity contribution in [2.24, 2.45) is 0 Å². The van der Waals surface area contributed by atoms with Crippen LogP contribution in [0.15, 0.2) is 6.33 Å². The molecule has 2 rings (SSSR count). The molecule has 18 heavy (non-hydrogen) atoms. The molecular weight excluding hydrogens is 277 g/mol. The van der Waals surface area contributed by atoms with Gasteiger partial charge < -0.3 is 5.32 Å². The number of amides is 1. The number of hydrogen-bond acceptors (Lipinski definition) is 4. The number of rotatable bonds is 2. The van der Waals surface area contributed by atoms with Gasteiger partial charge in [-0.05, 0) is 13.8 Å². The minimum atomic E-state index is -0.364. The Morgan fingerprint density at radius 1 is 1.28 bits per heavy atom. The zero-order valence-electron chi connectivity index (χ0n) is 9.58. The number of nitrogens with one attached hydrogen (secondary N) is 2. The zero-order valence-corrected chi connectivity index (χ0v) is 11.1. The lowest BCUT2D eigenvalue weighted by Gasteiger charge is -2.07. The van der Waals surface area contributed by atoms with Crippen molar-refractivity contribution in [1.29, 1.82) is 0 Å². The van der Waals surface area contributed by atoms with Gasteiger partial charge in [-0.15, -0.1) is 0 Å². The van der Waals surface area contributed by atoms with Crippen LogP contribution in [-0.2, 0) is 0 Å². The van der Waals surface area contributed by atoms with Gasteiger partial charge in [-0.25, -0.2) is 9.97 Å². The Labute approximate surface area is 113 Å². The number of H-pyrrole nitrogens is 1. The van der Waals surface area contributed by atoms with Gasteiger partial charge in [0.15, 0.2) is 10.3 Å². The molecular formula is C10H9Cl2N5O. The van der Waals surface area contributed by atoms with Crippen LogP contribution in [0.5, 0.6) is 0 Å². The molecule has 0 aliphatic carbocycles. The molecule has 0 bridgehead atoms. The maximum atomic E-state index is 12.1. The second-order valence-corrected chi connectivity index (χ2v) is 4.31. The van der Waals surface area contributed by atoms with E-state index in [0.717, 1.165) is 0 Å². The van der Waals surface area contributed by atoms with Crippen LogP contribution in [0.1, 0.15) is 21.7 Å². The van der Waals surface area contributed by atoms with Gasteiger partial charge >= 0.3 is 0 Å². The van der Waals surface area contributed by atoms with Crippen LogP contribution in [0.4, 0.5) is 5.69 Å². The number of anilines is 1. The highest BCUT2D eigenvalue weighted by molar-refractivity contribution is 6.38. The summed E-state index contributed by atoms with van der Waals surface area (Å²) in [5.74, 6) is -0.364. The van der Waals surface area contributed by atoms with Gasteiger partial charge in [-0.2, -0.15) is 5.10 Å². The number of aromatic nitrogens is 4. The molecule has 8 heteroatoms. The fourth-order valence-corrected chi connectivity index (χ4v) is 1.92. The van der Waals surface area contributed by atoms with E-state index >= 15 is 0 Å². The summed E-state index contributed by atoms with van der Waals surface area (Å²) in [4.78, 5) is 19.6. The Balaban J connectivity index is 2.33. The molecule has 0 spiro atoms. The van der Waals surface area contributed by atoms with Gasteiger partial charge in [-0.1, -0.05) is 23.2 Å². The van der Waals surface area contributed by atoms with Gasteiger partial charge in [0.05, 0.1) is 11.3 Å². The molecule has 6 nitrogen and oxygen atoms in total. The van der Waals surface area contributed by atoms with Crippen LogP contribution in [0.2, 0.25) is 10.3 Å². The third-order valence-electron chi connectivity index (χ3n) is 2.35. The first-order chi connectivity index (χ1) is 8.50. The first kappa shape index (κ1) is 12.8. The molecule has 2 N–H and O–H groups in total. The first-order valence-corrected chi connectivity index (χ1v) is 5.75. The largest absolute Gasteiger partial charge is 0.317 e. The molecule has 94 valence electrons. The van der Waals surface area contributed by atoms with Gasteiger partial charge in [0.1, 0.15) is 12.0 Å². The number of carbonyl (C=O) groups excluding carboxylic acids is 1. The van der Waals surface area contributed by atoms with Gasteiger partial charge in [0, 0.05) is 5.69 Å². The Morgan fingerprint density at radius 2 is 1.89 bits per heavy atom. The Hall–Kier alpha value is -1.66. The van der Waals surface area contributed by atoms with Gasteiger partial charge in [-0.3, -0.25) is 9.89 Å². The molecule has 0 saturated carbocycles. The van der Waals surface area contributed by atoms with Crippen LogP contribution < -0.4 is 5.32 Å². The fraction of sp³-hybridized carbons (Fsp3) is 0.200.